The summed E-state index contributed by atoms with van der Waals surface area (Å²) < 4.78 is 5.36. The van der Waals surface area contributed by atoms with Crippen LogP contribution in [-0.4, -0.2) is 26.3 Å². The van der Waals surface area contributed by atoms with Gasteiger partial charge in [-0.2, -0.15) is 0 Å². The molecule has 0 aromatic rings. The van der Waals surface area contributed by atoms with Crippen LogP contribution in [0.1, 0.15) is 33.1 Å². The summed E-state index contributed by atoms with van der Waals surface area (Å²) in [5.74, 6) is 1.62. The van der Waals surface area contributed by atoms with Crippen LogP contribution in [0.15, 0.2) is 0 Å². The minimum atomic E-state index is 0.652. The molecule has 0 bridgehead atoms. The van der Waals surface area contributed by atoms with E-state index in [-0.39, 0.29) is 0 Å². The second kappa shape index (κ2) is 4.19. The Morgan fingerprint density at radius 3 is 2.71 bits per heavy atom. The van der Waals surface area contributed by atoms with E-state index in [0.29, 0.717) is 5.41 Å². The van der Waals surface area contributed by atoms with Crippen molar-refractivity contribution in [1.82, 2.24) is 5.32 Å². The van der Waals surface area contributed by atoms with E-state index in [4.69, 9.17) is 4.74 Å². The van der Waals surface area contributed by atoms with Crippen LogP contribution in [-0.2, 0) is 4.74 Å². The maximum Gasteiger partial charge on any atom is 0.0507 e. The highest BCUT2D eigenvalue weighted by atomic mass is 16.5. The van der Waals surface area contributed by atoms with Crippen molar-refractivity contribution in [3.05, 3.63) is 0 Å². The van der Waals surface area contributed by atoms with Crippen molar-refractivity contribution in [1.29, 1.82) is 0 Å². The van der Waals surface area contributed by atoms with Crippen LogP contribution in [0.5, 0.6) is 0 Å². The highest BCUT2D eigenvalue weighted by Gasteiger charge is 2.44. The molecular weight excluding hydrogens is 174 g/mol. The van der Waals surface area contributed by atoms with E-state index in [1.165, 1.54) is 25.8 Å². The third kappa shape index (κ3) is 2.29. The molecule has 1 saturated carbocycles. The average Bonchev–Trinajstić information content (AvgIpc) is 2.76. The molecule has 82 valence electrons. The molecule has 2 nitrogen and oxygen atoms in total. The molecule has 0 radical (unpaired) electrons. The van der Waals surface area contributed by atoms with Crippen molar-refractivity contribution >= 4 is 0 Å². The zero-order valence-electron chi connectivity index (χ0n) is 9.51. The summed E-state index contributed by atoms with van der Waals surface area (Å²) in [7, 11) is 0. The topological polar surface area (TPSA) is 21.3 Å². The summed E-state index contributed by atoms with van der Waals surface area (Å²) in [6.07, 6.45) is 4.11. The Kier molecular flexibility index (Phi) is 3.13. The van der Waals surface area contributed by atoms with Gasteiger partial charge in [0.2, 0.25) is 0 Å². The van der Waals surface area contributed by atoms with Gasteiger partial charge in [-0.25, -0.2) is 0 Å². The van der Waals surface area contributed by atoms with E-state index in [1.807, 2.05) is 0 Å². The predicted molar refractivity (Wildman–Crippen MR) is 58.3 cm³/mol. The monoisotopic (exact) mass is 197 g/mol. The lowest BCUT2D eigenvalue weighted by molar-refractivity contribution is 0.184. The Morgan fingerprint density at radius 2 is 2.21 bits per heavy atom. The Morgan fingerprint density at radius 1 is 1.43 bits per heavy atom. The number of hydrogen-bond donors (Lipinski definition) is 1. The molecule has 0 amide bonds. The fourth-order valence-electron chi connectivity index (χ4n) is 2.39. The van der Waals surface area contributed by atoms with Gasteiger partial charge in [0.15, 0.2) is 0 Å². The van der Waals surface area contributed by atoms with Gasteiger partial charge >= 0.3 is 0 Å². The summed E-state index contributed by atoms with van der Waals surface area (Å²) in [6, 6.07) is 0. The quantitative estimate of drug-likeness (QED) is 0.728. The molecule has 1 unspecified atom stereocenters. The molecule has 0 aromatic heterocycles. The van der Waals surface area contributed by atoms with E-state index in [1.54, 1.807) is 0 Å². The van der Waals surface area contributed by atoms with Gasteiger partial charge in [0.1, 0.15) is 0 Å². The van der Waals surface area contributed by atoms with Gasteiger partial charge < -0.3 is 10.1 Å². The van der Waals surface area contributed by atoms with Gasteiger partial charge in [-0.1, -0.05) is 13.8 Å². The molecule has 0 aromatic carbocycles. The lowest BCUT2D eigenvalue weighted by atomic mass is 9.92. The van der Waals surface area contributed by atoms with Crippen LogP contribution >= 0.6 is 0 Å². The standard InChI is InChI=1S/C12H23NO/c1-10(2)12(4-5-12)9-13-7-11-3-6-14-8-11/h10-11,13H,3-9H2,1-2H3. The molecule has 1 aliphatic carbocycles. The lowest BCUT2D eigenvalue weighted by Crippen LogP contribution is -2.31. The van der Waals surface area contributed by atoms with Gasteiger partial charge in [-0.3, -0.25) is 0 Å². The van der Waals surface area contributed by atoms with Crippen molar-refractivity contribution in [2.45, 2.75) is 33.1 Å². The van der Waals surface area contributed by atoms with Crippen LogP contribution in [0.2, 0.25) is 0 Å². The van der Waals surface area contributed by atoms with E-state index in [2.05, 4.69) is 19.2 Å². The molecule has 1 saturated heterocycles. The molecule has 2 fully saturated rings. The van der Waals surface area contributed by atoms with Crippen LogP contribution in [0.3, 0.4) is 0 Å². The minimum absolute atomic E-state index is 0.652. The summed E-state index contributed by atoms with van der Waals surface area (Å²) in [4.78, 5) is 0. The molecular formula is C12H23NO. The average molecular weight is 197 g/mol. The molecule has 1 heterocycles. The Balaban J connectivity index is 1.62. The van der Waals surface area contributed by atoms with E-state index < -0.39 is 0 Å². The van der Waals surface area contributed by atoms with E-state index in [9.17, 15) is 0 Å². The van der Waals surface area contributed by atoms with Gasteiger partial charge in [0.05, 0.1) is 6.61 Å². The molecule has 1 atom stereocenters. The third-order valence-electron chi connectivity index (χ3n) is 4.05. The fraction of sp³-hybridized carbons (Fsp3) is 1.00. The zero-order chi connectivity index (χ0) is 10.0. The van der Waals surface area contributed by atoms with Crippen LogP contribution in [0.4, 0.5) is 0 Å². The van der Waals surface area contributed by atoms with Crippen molar-refractivity contribution in [2.24, 2.45) is 17.3 Å². The molecule has 1 N–H and O–H groups in total. The second-order valence-electron chi connectivity index (χ2n) is 5.38. The van der Waals surface area contributed by atoms with Gasteiger partial charge in [0, 0.05) is 19.7 Å². The first-order valence-corrected chi connectivity index (χ1v) is 6.01. The summed E-state index contributed by atoms with van der Waals surface area (Å²) in [5, 5.41) is 3.63. The smallest absolute Gasteiger partial charge is 0.0507 e. The number of rotatable bonds is 5. The van der Waals surface area contributed by atoms with Crippen molar-refractivity contribution < 1.29 is 4.74 Å². The third-order valence-corrected chi connectivity index (χ3v) is 4.05. The molecule has 1 aliphatic heterocycles. The number of ether oxygens (including phenoxy) is 1. The van der Waals surface area contributed by atoms with E-state index >= 15 is 0 Å². The number of hydrogen-bond acceptors (Lipinski definition) is 2. The lowest BCUT2D eigenvalue weighted by Gasteiger charge is -2.21. The number of nitrogens with one attached hydrogen (secondary N) is 1. The molecule has 2 heteroatoms. The maximum atomic E-state index is 5.36. The SMILES string of the molecule is CC(C)C1(CNCC2CCOC2)CC1. The fourth-order valence-corrected chi connectivity index (χ4v) is 2.39. The first-order valence-electron chi connectivity index (χ1n) is 6.01. The predicted octanol–water partition coefficient (Wildman–Crippen LogP) is 2.05. The van der Waals surface area contributed by atoms with Gasteiger partial charge in [0.25, 0.3) is 0 Å². The van der Waals surface area contributed by atoms with Crippen LogP contribution < -0.4 is 5.32 Å². The molecule has 2 rings (SSSR count). The van der Waals surface area contributed by atoms with E-state index in [0.717, 1.165) is 31.6 Å². The Hall–Kier alpha value is -0.0800. The normalized spacial score (nSPS) is 29.8. The highest BCUT2D eigenvalue weighted by Crippen LogP contribution is 2.51. The summed E-state index contributed by atoms with van der Waals surface area (Å²) >= 11 is 0. The largest absolute Gasteiger partial charge is 0.381 e. The second-order valence-corrected chi connectivity index (χ2v) is 5.38. The maximum absolute atomic E-state index is 5.36. The minimum Gasteiger partial charge on any atom is -0.381 e. The Bertz CT molecular complexity index is 181. The van der Waals surface area contributed by atoms with Crippen molar-refractivity contribution in [3.8, 4) is 0 Å². The van der Waals surface area contributed by atoms with Gasteiger partial charge in [-0.05, 0) is 36.5 Å². The summed E-state index contributed by atoms with van der Waals surface area (Å²) in [5.41, 5.74) is 0.652. The van der Waals surface area contributed by atoms with Crippen molar-refractivity contribution in [2.75, 3.05) is 26.3 Å². The van der Waals surface area contributed by atoms with Gasteiger partial charge in [-0.15, -0.1) is 0 Å². The summed E-state index contributed by atoms with van der Waals surface area (Å²) in [6.45, 7) is 9.04. The van der Waals surface area contributed by atoms with Crippen molar-refractivity contribution in [3.63, 3.8) is 0 Å². The van der Waals surface area contributed by atoms with Crippen LogP contribution in [0.25, 0.3) is 0 Å². The molecule has 2 aliphatic rings. The molecule has 14 heavy (non-hydrogen) atoms. The zero-order valence-corrected chi connectivity index (χ0v) is 9.51. The first kappa shape index (κ1) is 10.4. The van der Waals surface area contributed by atoms with Crippen LogP contribution in [0, 0.1) is 17.3 Å². The highest BCUT2D eigenvalue weighted by molar-refractivity contribution is 4.97. The first-order chi connectivity index (χ1) is 6.73. The Labute approximate surface area is 87.4 Å². The molecule has 0 spiro atoms.